The number of nitrogens with zero attached hydrogens (tertiary/aromatic N) is 1. The minimum absolute atomic E-state index is 0.0743. The maximum atomic E-state index is 13.1. The van der Waals surface area contributed by atoms with E-state index in [4.69, 9.17) is 4.74 Å². The molecule has 7 nitrogen and oxygen atoms in total. The summed E-state index contributed by atoms with van der Waals surface area (Å²) in [6.45, 7) is 8.29. The van der Waals surface area contributed by atoms with Gasteiger partial charge in [0.1, 0.15) is 6.10 Å². The lowest BCUT2D eigenvalue weighted by molar-refractivity contribution is -0.187. The minimum Gasteiger partial charge on any atom is -0.446 e. The van der Waals surface area contributed by atoms with E-state index in [0.717, 1.165) is 45.2 Å². The standard InChI is InChI=1S/C24H42N2O5/c1-4-12-25-22(30)31-20-10-11-23(2)17(15-21(29)26-13-6-5-7-14-26)18(28)8-9-19(23)24(20,3)16-27/h17-20,27-28H,4-16H2,1-3H3,(H,25,30)/t17-,18-,19-,20-,23+,24+/m1/s1. The lowest BCUT2D eigenvalue weighted by Crippen LogP contribution is -2.61. The van der Waals surface area contributed by atoms with Gasteiger partial charge in [-0.2, -0.15) is 0 Å². The number of nitrogens with one attached hydrogen (secondary N) is 1. The fraction of sp³-hybridized carbons (Fsp3) is 0.917. The van der Waals surface area contributed by atoms with Crippen LogP contribution in [0, 0.1) is 22.7 Å². The molecule has 0 aromatic rings. The summed E-state index contributed by atoms with van der Waals surface area (Å²) in [6, 6.07) is 0. The van der Waals surface area contributed by atoms with Crippen LogP contribution in [0.15, 0.2) is 0 Å². The number of aliphatic hydroxyl groups excluding tert-OH is 2. The Kier molecular flexibility index (Phi) is 7.90. The lowest BCUT2D eigenvalue weighted by Gasteiger charge is -2.60. The van der Waals surface area contributed by atoms with Crippen molar-refractivity contribution < 1.29 is 24.5 Å². The van der Waals surface area contributed by atoms with E-state index in [1.807, 2.05) is 18.7 Å². The summed E-state index contributed by atoms with van der Waals surface area (Å²) in [5.74, 6) is 0.0837. The second-order valence-corrected chi connectivity index (χ2v) is 10.5. The predicted octanol–water partition coefficient (Wildman–Crippen LogP) is 3.08. The topological polar surface area (TPSA) is 99.1 Å². The normalized spacial score (nSPS) is 38.3. The summed E-state index contributed by atoms with van der Waals surface area (Å²) in [5.41, 5.74) is -0.872. The molecule has 2 amide bonds. The zero-order valence-electron chi connectivity index (χ0n) is 19.6. The highest BCUT2D eigenvalue weighted by Crippen LogP contribution is 2.61. The molecule has 0 spiro atoms. The lowest BCUT2D eigenvalue weighted by atomic mass is 9.46. The molecule has 0 aromatic carbocycles. The van der Waals surface area contributed by atoms with Gasteiger partial charge in [0.15, 0.2) is 0 Å². The molecule has 3 aliphatic rings. The largest absolute Gasteiger partial charge is 0.446 e. The SMILES string of the molecule is CCCNC(=O)O[C@@H]1CC[C@]2(C)[C@@H](CC[C@@H](O)[C@H]2CC(=O)N2CCCCC2)[C@]1(C)CO. The first-order chi connectivity index (χ1) is 14.8. The summed E-state index contributed by atoms with van der Waals surface area (Å²) >= 11 is 0. The van der Waals surface area contributed by atoms with Gasteiger partial charge in [-0.3, -0.25) is 4.79 Å². The van der Waals surface area contributed by atoms with Crippen molar-refractivity contribution in [2.24, 2.45) is 22.7 Å². The molecule has 3 rings (SSSR count). The van der Waals surface area contributed by atoms with Gasteiger partial charge in [0, 0.05) is 31.5 Å². The summed E-state index contributed by atoms with van der Waals surface area (Å²) in [7, 11) is 0. The Morgan fingerprint density at radius 1 is 1.13 bits per heavy atom. The number of alkyl carbamates (subject to hydrolysis) is 1. The number of likely N-dealkylation sites (tertiary alicyclic amines) is 1. The first-order valence-electron chi connectivity index (χ1n) is 12.3. The number of carbonyl (C=O) groups is 2. The fourth-order valence-electron chi connectivity index (χ4n) is 6.64. The fourth-order valence-corrected chi connectivity index (χ4v) is 6.64. The van der Waals surface area contributed by atoms with E-state index >= 15 is 0 Å². The van der Waals surface area contributed by atoms with Crippen LogP contribution in [-0.4, -0.2) is 65.6 Å². The molecular formula is C24H42N2O5. The van der Waals surface area contributed by atoms with E-state index in [1.165, 1.54) is 6.42 Å². The molecule has 1 heterocycles. The van der Waals surface area contributed by atoms with E-state index < -0.39 is 17.6 Å². The van der Waals surface area contributed by atoms with E-state index in [-0.39, 0.29) is 35.9 Å². The van der Waals surface area contributed by atoms with Crippen LogP contribution in [0.2, 0.25) is 0 Å². The zero-order valence-corrected chi connectivity index (χ0v) is 19.6. The minimum atomic E-state index is -0.594. The highest BCUT2D eigenvalue weighted by atomic mass is 16.6. The van der Waals surface area contributed by atoms with E-state index in [1.54, 1.807) is 0 Å². The van der Waals surface area contributed by atoms with Crippen LogP contribution in [-0.2, 0) is 9.53 Å². The first-order valence-corrected chi connectivity index (χ1v) is 12.3. The first kappa shape index (κ1) is 24.3. The molecule has 178 valence electrons. The van der Waals surface area contributed by atoms with Gasteiger partial charge < -0.3 is 25.2 Å². The van der Waals surface area contributed by atoms with E-state index in [2.05, 4.69) is 12.2 Å². The number of aliphatic hydroxyl groups is 2. The van der Waals surface area contributed by atoms with Crippen LogP contribution in [0.1, 0.15) is 78.6 Å². The predicted molar refractivity (Wildman–Crippen MR) is 118 cm³/mol. The Bertz CT molecular complexity index is 637. The van der Waals surface area contributed by atoms with Crippen LogP contribution in [0.25, 0.3) is 0 Å². The Morgan fingerprint density at radius 2 is 1.84 bits per heavy atom. The molecule has 0 aromatic heterocycles. The highest BCUT2D eigenvalue weighted by Gasteiger charge is 2.60. The van der Waals surface area contributed by atoms with Gasteiger partial charge in [-0.05, 0) is 68.6 Å². The molecule has 3 N–H and O–H groups in total. The third-order valence-corrected chi connectivity index (χ3v) is 8.55. The van der Waals surface area contributed by atoms with E-state index in [9.17, 15) is 19.8 Å². The van der Waals surface area contributed by atoms with Gasteiger partial charge in [-0.1, -0.05) is 20.8 Å². The third kappa shape index (κ3) is 4.87. The van der Waals surface area contributed by atoms with Crippen LogP contribution in [0.5, 0.6) is 0 Å². The molecule has 31 heavy (non-hydrogen) atoms. The van der Waals surface area contributed by atoms with Crippen molar-refractivity contribution in [3.05, 3.63) is 0 Å². The van der Waals surface area contributed by atoms with Gasteiger partial charge in [0.05, 0.1) is 12.7 Å². The van der Waals surface area contributed by atoms with Crippen LogP contribution < -0.4 is 5.32 Å². The second kappa shape index (κ2) is 10.1. The maximum absolute atomic E-state index is 13.1. The van der Waals surface area contributed by atoms with Crippen molar-refractivity contribution in [2.45, 2.75) is 90.8 Å². The molecule has 7 heteroatoms. The Hall–Kier alpha value is -1.34. The Balaban J connectivity index is 1.77. The van der Waals surface area contributed by atoms with Crippen LogP contribution in [0.4, 0.5) is 4.79 Å². The molecule has 1 saturated heterocycles. The monoisotopic (exact) mass is 438 g/mol. The van der Waals surface area contributed by atoms with Crippen LogP contribution in [0.3, 0.4) is 0 Å². The smallest absolute Gasteiger partial charge is 0.407 e. The number of hydrogen-bond acceptors (Lipinski definition) is 5. The number of hydrogen-bond donors (Lipinski definition) is 3. The molecule has 0 radical (unpaired) electrons. The second-order valence-electron chi connectivity index (χ2n) is 10.5. The van der Waals surface area contributed by atoms with Crippen LogP contribution >= 0.6 is 0 Å². The number of rotatable bonds is 6. The number of carbonyl (C=O) groups excluding carboxylic acids is 2. The third-order valence-electron chi connectivity index (χ3n) is 8.55. The summed E-state index contributed by atoms with van der Waals surface area (Å²) < 4.78 is 5.78. The zero-order chi connectivity index (χ0) is 22.6. The molecule has 1 aliphatic heterocycles. The average Bonchev–Trinajstić information content (AvgIpc) is 2.77. The summed E-state index contributed by atoms with van der Waals surface area (Å²) in [6.07, 6.45) is 5.95. The average molecular weight is 439 g/mol. The molecule has 3 fully saturated rings. The molecule has 2 saturated carbocycles. The van der Waals surface area contributed by atoms with Gasteiger partial charge in [-0.15, -0.1) is 0 Å². The number of piperidine rings is 1. The molecule has 0 bridgehead atoms. The van der Waals surface area contributed by atoms with Crippen molar-refractivity contribution in [3.63, 3.8) is 0 Å². The molecule has 2 aliphatic carbocycles. The molecule has 0 unspecified atom stereocenters. The quantitative estimate of drug-likeness (QED) is 0.592. The van der Waals surface area contributed by atoms with Crippen molar-refractivity contribution in [1.82, 2.24) is 10.2 Å². The van der Waals surface area contributed by atoms with Gasteiger partial charge in [0.25, 0.3) is 0 Å². The highest BCUT2D eigenvalue weighted by molar-refractivity contribution is 5.76. The van der Waals surface area contributed by atoms with E-state index in [0.29, 0.717) is 25.8 Å². The van der Waals surface area contributed by atoms with Crippen molar-refractivity contribution in [3.8, 4) is 0 Å². The molecular weight excluding hydrogens is 396 g/mol. The molecule has 6 atom stereocenters. The van der Waals surface area contributed by atoms with Crippen molar-refractivity contribution in [2.75, 3.05) is 26.2 Å². The van der Waals surface area contributed by atoms with Gasteiger partial charge in [-0.25, -0.2) is 4.79 Å². The number of ether oxygens (including phenoxy) is 1. The van der Waals surface area contributed by atoms with Crippen molar-refractivity contribution in [1.29, 1.82) is 0 Å². The van der Waals surface area contributed by atoms with Crippen molar-refractivity contribution >= 4 is 12.0 Å². The number of fused-ring (bicyclic) bond motifs is 1. The summed E-state index contributed by atoms with van der Waals surface area (Å²) in [5, 5.41) is 24.2. The Morgan fingerprint density at radius 3 is 2.48 bits per heavy atom. The van der Waals surface area contributed by atoms with Gasteiger partial charge in [0.2, 0.25) is 5.91 Å². The summed E-state index contributed by atoms with van der Waals surface area (Å²) in [4.78, 5) is 27.3. The maximum Gasteiger partial charge on any atom is 0.407 e. The Labute approximate surface area is 186 Å². The number of amides is 2. The van der Waals surface area contributed by atoms with Gasteiger partial charge >= 0.3 is 6.09 Å².